The van der Waals surface area contributed by atoms with E-state index in [0.29, 0.717) is 5.92 Å². The van der Waals surface area contributed by atoms with Gasteiger partial charge in [0.05, 0.1) is 11.2 Å². The van der Waals surface area contributed by atoms with Crippen LogP contribution >= 0.6 is 11.3 Å². The number of ether oxygens (including phenoxy) is 1. The van der Waals surface area contributed by atoms with Crippen molar-refractivity contribution in [3.63, 3.8) is 0 Å². The quantitative estimate of drug-likeness (QED) is 0.845. The van der Waals surface area contributed by atoms with Crippen molar-refractivity contribution in [3.05, 3.63) is 41.2 Å². The molecule has 0 spiro atoms. The standard InChI is InChI=1S/C20H24FN3O2S/c1-20(2,16-12-27-18(22-16)14-3-5-15(21)6-4-14)23-19(25)26-17-11-13-7-9-24(17)10-8-13/h3-6,12-13,17H,7-11H2,1-2H3,(H,23,25)/t17-/m0/s1. The van der Waals surface area contributed by atoms with Gasteiger partial charge in [0.2, 0.25) is 0 Å². The number of amides is 1. The highest BCUT2D eigenvalue weighted by molar-refractivity contribution is 7.13. The monoisotopic (exact) mass is 389 g/mol. The number of hydrogen-bond donors (Lipinski definition) is 1. The first-order chi connectivity index (χ1) is 12.9. The molecule has 3 aliphatic rings. The summed E-state index contributed by atoms with van der Waals surface area (Å²) in [7, 11) is 0. The zero-order valence-electron chi connectivity index (χ0n) is 15.6. The predicted molar refractivity (Wildman–Crippen MR) is 103 cm³/mol. The van der Waals surface area contributed by atoms with Crippen molar-refractivity contribution in [3.8, 4) is 10.6 Å². The molecule has 1 aromatic carbocycles. The van der Waals surface area contributed by atoms with Crippen LogP contribution in [0.3, 0.4) is 0 Å². The summed E-state index contributed by atoms with van der Waals surface area (Å²) >= 11 is 1.47. The predicted octanol–water partition coefficient (Wildman–Crippen LogP) is 4.35. The van der Waals surface area contributed by atoms with Gasteiger partial charge in [-0.1, -0.05) is 0 Å². The number of benzene rings is 1. The second-order valence-corrected chi connectivity index (χ2v) is 8.73. The van der Waals surface area contributed by atoms with E-state index >= 15 is 0 Å². The minimum absolute atomic E-state index is 0.112. The molecule has 0 radical (unpaired) electrons. The summed E-state index contributed by atoms with van der Waals surface area (Å²) < 4.78 is 18.8. The van der Waals surface area contributed by atoms with Crippen LogP contribution in [0.15, 0.2) is 29.6 Å². The molecule has 1 N–H and O–H groups in total. The van der Waals surface area contributed by atoms with Crippen molar-refractivity contribution in [1.82, 2.24) is 15.2 Å². The fourth-order valence-electron chi connectivity index (χ4n) is 3.79. The lowest BCUT2D eigenvalue weighted by atomic mass is 9.87. The smallest absolute Gasteiger partial charge is 0.409 e. The number of halogens is 1. The van der Waals surface area contributed by atoms with Gasteiger partial charge in [0.1, 0.15) is 10.8 Å². The number of fused-ring (bicyclic) bond motifs is 3. The molecule has 0 aliphatic carbocycles. The highest BCUT2D eigenvalue weighted by Crippen LogP contribution is 2.33. The van der Waals surface area contributed by atoms with Gasteiger partial charge in [0.25, 0.3) is 0 Å². The molecule has 5 rings (SSSR count). The lowest BCUT2D eigenvalue weighted by Gasteiger charge is -2.44. The fraction of sp³-hybridized carbons (Fsp3) is 0.500. The van der Waals surface area contributed by atoms with Crippen LogP contribution in [-0.4, -0.2) is 35.3 Å². The van der Waals surface area contributed by atoms with Crippen LogP contribution in [0.4, 0.5) is 9.18 Å². The Labute approximate surface area is 162 Å². The van der Waals surface area contributed by atoms with Crippen LogP contribution in [0, 0.1) is 11.7 Å². The molecule has 5 nitrogen and oxygen atoms in total. The van der Waals surface area contributed by atoms with Crippen molar-refractivity contribution in [2.24, 2.45) is 5.92 Å². The number of nitrogens with one attached hydrogen (secondary N) is 1. The molecule has 1 amide bonds. The maximum absolute atomic E-state index is 13.1. The normalized spacial score (nSPS) is 24.6. The van der Waals surface area contributed by atoms with Crippen LogP contribution < -0.4 is 5.32 Å². The second kappa shape index (κ2) is 7.20. The number of aromatic nitrogens is 1. The van der Waals surface area contributed by atoms with E-state index < -0.39 is 11.6 Å². The van der Waals surface area contributed by atoms with Gasteiger partial charge in [0.15, 0.2) is 6.23 Å². The summed E-state index contributed by atoms with van der Waals surface area (Å²) in [5.74, 6) is 0.407. The fourth-order valence-corrected chi connectivity index (χ4v) is 4.79. The zero-order valence-corrected chi connectivity index (χ0v) is 16.4. The van der Waals surface area contributed by atoms with Crippen molar-refractivity contribution in [1.29, 1.82) is 0 Å². The molecule has 3 fully saturated rings. The van der Waals surface area contributed by atoms with Gasteiger partial charge in [-0.05, 0) is 56.9 Å². The summed E-state index contributed by atoms with van der Waals surface area (Å²) in [5, 5.41) is 5.67. The Hall–Kier alpha value is -1.99. The number of thiazole rings is 1. The minimum Gasteiger partial charge on any atom is -0.430 e. The third-order valence-corrected chi connectivity index (χ3v) is 6.38. The Kier molecular flexibility index (Phi) is 4.90. The van der Waals surface area contributed by atoms with Gasteiger partial charge in [-0.2, -0.15) is 0 Å². The number of piperidine rings is 3. The molecule has 3 aliphatic heterocycles. The first-order valence-electron chi connectivity index (χ1n) is 9.35. The van der Waals surface area contributed by atoms with Crippen LogP contribution in [0.1, 0.15) is 38.8 Å². The van der Waals surface area contributed by atoms with Gasteiger partial charge < -0.3 is 10.1 Å². The third kappa shape index (κ3) is 3.99. The van der Waals surface area contributed by atoms with Crippen LogP contribution in [0.25, 0.3) is 10.6 Å². The van der Waals surface area contributed by atoms with Gasteiger partial charge in [0, 0.05) is 30.5 Å². The maximum atomic E-state index is 13.1. The molecule has 4 heterocycles. The Balaban J connectivity index is 1.41. The molecule has 7 heteroatoms. The topological polar surface area (TPSA) is 54.5 Å². The van der Waals surface area contributed by atoms with Crippen LogP contribution in [0.2, 0.25) is 0 Å². The summed E-state index contributed by atoms with van der Waals surface area (Å²) in [4.78, 5) is 19.4. The number of carbonyl (C=O) groups excluding carboxylic acids is 1. The first kappa shape index (κ1) is 18.4. The Bertz CT molecular complexity index is 813. The largest absolute Gasteiger partial charge is 0.430 e. The van der Waals surface area contributed by atoms with Gasteiger partial charge in [-0.25, -0.2) is 14.2 Å². The van der Waals surface area contributed by atoms with E-state index in [9.17, 15) is 9.18 Å². The second-order valence-electron chi connectivity index (χ2n) is 7.87. The summed E-state index contributed by atoms with van der Waals surface area (Å²) in [6.07, 6.45) is 2.82. The molecule has 0 unspecified atom stereocenters. The molecule has 1 atom stereocenters. The summed E-state index contributed by atoms with van der Waals surface area (Å²) in [6, 6.07) is 6.26. The highest BCUT2D eigenvalue weighted by Gasteiger charge is 2.36. The Morgan fingerprint density at radius 1 is 1.30 bits per heavy atom. The van der Waals surface area contributed by atoms with E-state index in [-0.39, 0.29) is 12.0 Å². The zero-order chi connectivity index (χ0) is 19.0. The molecule has 144 valence electrons. The first-order valence-corrected chi connectivity index (χ1v) is 10.2. The average molecular weight is 389 g/mol. The SMILES string of the molecule is CC(C)(NC(=O)O[C@H]1CC2CCN1CC2)c1csc(-c2ccc(F)cc2)n1. The van der Waals surface area contributed by atoms with Gasteiger partial charge in [-0.15, -0.1) is 11.3 Å². The maximum Gasteiger partial charge on any atom is 0.409 e. The number of rotatable bonds is 4. The summed E-state index contributed by atoms with van der Waals surface area (Å²) in [6.45, 7) is 5.84. The van der Waals surface area contributed by atoms with E-state index in [1.807, 2.05) is 19.2 Å². The van der Waals surface area contributed by atoms with Gasteiger partial charge >= 0.3 is 6.09 Å². The van der Waals surface area contributed by atoms with Crippen LogP contribution in [0.5, 0.6) is 0 Å². The van der Waals surface area contributed by atoms with Gasteiger partial charge in [-0.3, -0.25) is 4.90 Å². The van der Waals surface area contributed by atoms with Crippen molar-refractivity contribution in [2.75, 3.05) is 13.1 Å². The number of hydrogen-bond acceptors (Lipinski definition) is 5. The molecule has 0 saturated carbocycles. The van der Waals surface area contributed by atoms with E-state index in [4.69, 9.17) is 4.74 Å². The lowest BCUT2D eigenvalue weighted by molar-refractivity contribution is -0.0843. The van der Waals surface area contributed by atoms with Crippen molar-refractivity contribution < 1.29 is 13.9 Å². The average Bonchev–Trinajstić information content (AvgIpc) is 3.14. The molecule has 2 aromatic rings. The van der Waals surface area contributed by atoms with E-state index in [0.717, 1.165) is 35.8 Å². The highest BCUT2D eigenvalue weighted by atomic mass is 32.1. The molecule has 2 bridgehead atoms. The molecular weight excluding hydrogens is 365 g/mol. The number of alkyl carbamates (subject to hydrolysis) is 1. The van der Waals surface area contributed by atoms with Crippen LogP contribution in [-0.2, 0) is 10.3 Å². The Morgan fingerprint density at radius 2 is 2.00 bits per heavy atom. The number of nitrogens with zero attached hydrogens (tertiary/aromatic N) is 2. The molecule has 27 heavy (non-hydrogen) atoms. The van der Waals surface area contributed by atoms with Crippen molar-refractivity contribution in [2.45, 2.75) is 44.9 Å². The third-order valence-electron chi connectivity index (χ3n) is 5.48. The van der Waals surface area contributed by atoms with E-state index in [1.54, 1.807) is 12.1 Å². The number of carbonyl (C=O) groups is 1. The van der Waals surface area contributed by atoms with E-state index in [1.165, 1.54) is 36.3 Å². The molecular formula is C20H24FN3O2S. The van der Waals surface area contributed by atoms with E-state index in [2.05, 4.69) is 15.2 Å². The molecule has 3 saturated heterocycles. The minimum atomic E-state index is -0.658. The lowest BCUT2D eigenvalue weighted by Crippen LogP contribution is -2.52. The molecule has 1 aromatic heterocycles. The van der Waals surface area contributed by atoms with Crippen molar-refractivity contribution >= 4 is 17.4 Å². The Morgan fingerprint density at radius 3 is 2.63 bits per heavy atom. The summed E-state index contributed by atoms with van der Waals surface area (Å²) in [5.41, 5.74) is 0.959.